The lowest BCUT2D eigenvalue weighted by Crippen LogP contribution is -2.40. The van der Waals surface area contributed by atoms with Crippen molar-refractivity contribution in [3.05, 3.63) is 149 Å². The molecular weight excluding hydrogens is 442 g/mol. The molecule has 1 aliphatic rings. The molecule has 166 valence electrons. The number of fused-ring (bicyclic) bond motifs is 1. The van der Waals surface area contributed by atoms with E-state index >= 15 is 0 Å². The lowest BCUT2D eigenvalue weighted by molar-refractivity contribution is -0.0518. The van der Waals surface area contributed by atoms with Gasteiger partial charge in [0, 0.05) is 21.8 Å². The zero-order valence-electron chi connectivity index (χ0n) is 18.3. The van der Waals surface area contributed by atoms with Crippen LogP contribution in [0.3, 0.4) is 0 Å². The Labute approximate surface area is 203 Å². The van der Waals surface area contributed by atoms with E-state index in [0.717, 1.165) is 33.7 Å². The molecule has 0 bridgehead atoms. The van der Waals surface area contributed by atoms with Gasteiger partial charge in [-0.15, -0.1) is 0 Å². The van der Waals surface area contributed by atoms with Crippen LogP contribution in [0, 0.1) is 0 Å². The summed E-state index contributed by atoms with van der Waals surface area (Å²) in [6.07, 6.45) is -0.489. The highest BCUT2D eigenvalue weighted by molar-refractivity contribution is 6.30. The van der Waals surface area contributed by atoms with Crippen LogP contribution in [-0.4, -0.2) is 0 Å². The summed E-state index contributed by atoms with van der Waals surface area (Å²) in [6.45, 7) is 0. The number of furan rings is 1. The Bertz CT molecular complexity index is 1370. The van der Waals surface area contributed by atoms with Gasteiger partial charge in [0.1, 0.15) is 11.4 Å². The number of halogens is 1. The Hall–Kier alpha value is -3.79. The highest BCUT2D eigenvalue weighted by Gasteiger charge is 2.45. The topological polar surface area (TPSA) is 34.4 Å². The predicted molar refractivity (Wildman–Crippen MR) is 136 cm³/mol. The fraction of sp³-hybridized carbons (Fsp3) is 0.0667. The van der Waals surface area contributed by atoms with Gasteiger partial charge in [0.2, 0.25) is 0 Å². The molecule has 1 atom stereocenters. The molecule has 0 unspecified atom stereocenters. The first-order valence-corrected chi connectivity index (χ1v) is 11.6. The van der Waals surface area contributed by atoms with Gasteiger partial charge in [-0.05, 0) is 53.6 Å². The molecule has 4 heteroatoms. The molecule has 0 fully saturated rings. The van der Waals surface area contributed by atoms with Gasteiger partial charge in [-0.25, -0.2) is 0 Å². The molecule has 2 heterocycles. The molecule has 4 aromatic carbocycles. The van der Waals surface area contributed by atoms with Crippen molar-refractivity contribution in [1.29, 1.82) is 0 Å². The average molecular weight is 464 g/mol. The third kappa shape index (κ3) is 3.50. The summed E-state index contributed by atoms with van der Waals surface area (Å²) in [5.41, 5.74) is 4.35. The van der Waals surface area contributed by atoms with E-state index in [0.29, 0.717) is 10.8 Å². The van der Waals surface area contributed by atoms with E-state index in [1.165, 1.54) is 0 Å². The fourth-order valence-corrected chi connectivity index (χ4v) is 4.80. The van der Waals surface area contributed by atoms with E-state index in [-0.39, 0.29) is 0 Å². The molecule has 0 saturated carbocycles. The molecule has 3 nitrogen and oxygen atoms in total. The molecule has 0 amide bonds. The van der Waals surface area contributed by atoms with Crippen LogP contribution in [0.2, 0.25) is 5.02 Å². The van der Waals surface area contributed by atoms with E-state index < -0.39 is 11.8 Å². The number of ether oxygens (including phenoxy) is 1. The molecule has 5 aromatic rings. The summed E-state index contributed by atoms with van der Waals surface area (Å²) < 4.78 is 13.3. The smallest absolute Gasteiger partial charge is 0.188 e. The van der Waals surface area contributed by atoms with Gasteiger partial charge in [-0.2, -0.15) is 0 Å². The molecule has 0 spiro atoms. The summed E-state index contributed by atoms with van der Waals surface area (Å²) in [5.74, 6) is 1.47. The largest absolute Gasteiger partial charge is 0.456 e. The first-order valence-electron chi connectivity index (χ1n) is 11.2. The maximum absolute atomic E-state index is 7.00. The molecule has 6 rings (SSSR count). The molecule has 0 aliphatic carbocycles. The zero-order chi connectivity index (χ0) is 23.0. The fourth-order valence-electron chi connectivity index (χ4n) is 4.68. The number of nitrogens with one attached hydrogen (secondary N) is 1. The van der Waals surface area contributed by atoms with Crippen molar-refractivity contribution >= 4 is 17.3 Å². The lowest BCUT2D eigenvalue weighted by atomic mass is 9.78. The first kappa shape index (κ1) is 20.8. The molecule has 0 saturated heterocycles. The highest BCUT2D eigenvalue weighted by atomic mass is 35.5. The summed E-state index contributed by atoms with van der Waals surface area (Å²) >= 11 is 6.06. The van der Waals surface area contributed by atoms with Crippen LogP contribution in [0.15, 0.2) is 126 Å². The van der Waals surface area contributed by atoms with E-state index in [4.69, 9.17) is 20.8 Å². The van der Waals surface area contributed by atoms with E-state index in [1.54, 1.807) is 0 Å². The monoisotopic (exact) mass is 463 g/mol. The molecule has 1 N–H and O–H groups in total. The second-order valence-electron chi connectivity index (χ2n) is 8.31. The van der Waals surface area contributed by atoms with Gasteiger partial charge >= 0.3 is 0 Å². The maximum atomic E-state index is 7.00. The Morgan fingerprint density at radius 1 is 0.647 bits per heavy atom. The van der Waals surface area contributed by atoms with Crippen molar-refractivity contribution in [3.63, 3.8) is 0 Å². The minimum absolute atomic E-state index is 0.489. The number of benzene rings is 4. The molecule has 0 radical (unpaired) electrons. The SMILES string of the molecule is Clc1ccc(-c2ccc([C@@H]3Nc4ccccc4C(c4ccccc4)(c4ccccc4)O3)o2)cc1. The average Bonchev–Trinajstić information content (AvgIpc) is 3.40. The van der Waals surface area contributed by atoms with Gasteiger partial charge in [0.15, 0.2) is 12.0 Å². The second kappa shape index (κ2) is 8.53. The lowest BCUT2D eigenvalue weighted by Gasteiger charge is -2.43. The predicted octanol–water partition coefficient (Wildman–Crippen LogP) is 8.03. The standard InChI is InChI=1S/C30H22ClNO2/c31-24-17-15-21(16-18-24)27-19-20-28(33-27)29-32-26-14-8-7-13-25(26)30(34-29,22-9-3-1-4-10-22)23-11-5-2-6-12-23/h1-20,29,32H/t29-/m1/s1. The summed E-state index contributed by atoms with van der Waals surface area (Å²) in [5, 5.41) is 4.24. The van der Waals surface area contributed by atoms with Crippen LogP contribution in [0.1, 0.15) is 28.7 Å². The van der Waals surface area contributed by atoms with Crippen molar-refractivity contribution in [2.24, 2.45) is 0 Å². The van der Waals surface area contributed by atoms with Gasteiger partial charge in [0.05, 0.1) is 0 Å². The Kier molecular flexibility index (Phi) is 5.21. The maximum Gasteiger partial charge on any atom is 0.188 e. The number of hydrogen-bond acceptors (Lipinski definition) is 3. The summed E-state index contributed by atoms with van der Waals surface area (Å²) in [4.78, 5) is 0. The van der Waals surface area contributed by atoms with Crippen molar-refractivity contribution in [3.8, 4) is 11.3 Å². The van der Waals surface area contributed by atoms with Crippen LogP contribution in [0.5, 0.6) is 0 Å². The van der Waals surface area contributed by atoms with E-state index in [9.17, 15) is 0 Å². The molecule has 1 aliphatic heterocycles. The van der Waals surface area contributed by atoms with Gasteiger partial charge < -0.3 is 14.5 Å². The number of hydrogen-bond donors (Lipinski definition) is 1. The van der Waals surface area contributed by atoms with Crippen LogP contribution in [0.4, 0.5) is 5.69 Å². The van der Waals surface area contributed by atoms with Crippen LogP contribution >= 0.6 is 11.6 Å². The second-order valence-corrected chi connectivity index (χ2v) is 8.75. The van der Waals surface area contributed by atoms with E-state index in [2.05, 4.69) is 72.0 Å². The van der Waals surface area contributed by atoms with Crippen LogP contribution in [0.25, 0.3) is 11.3 Å². The van der Waals surface area contributed by atoms with Crippen molar-refractivity contribution in [2.75, 3.05) is 5.32 Å². The molecular formula is C30H22ClNO2. The number of rotatable bonds is 4. The molecule has 34 heavy (non-hydrogen) atoms. The Morgan fingerprint density at radius 2 is 1.26 bits per heavy atom. The minimum Gasteiger partial charge on any atom is -0.456 e. The zero-order valence-corrected chi connectivity index (χ0v) is 19.1. The summed E-state index contributed by atoms with van der Waals surface area (Å²) in [7, 11) is 0. The Balaban J connectivity index is 1.50. The van der Waals surface area contributed by atoms with Gasteiger partial charge in [0.25, 0.3) is 0 Å². The van der Waals surface area contributed by atoms with Crippen molar-refractivity contribution in [2.45, 2.75) is 11.8 Å². The minimum atomic E-state index is -0.803. The normalized spacial score (nSPS) is 16.4. The number of anilines is 1. The Morgan fingerprint density at radius 3 is 1.94 bits per heavy atom. The van der Waals surface area contributed by atoms with Crippen LogP contribution < -0.4 is 5.32 Å². The highest BCUT2D eigenvalue weighted by Crippen LogP contribution is 2.50. The van der Waals surface area contributed by atoms with Gasteiger partial charge in [-0.3, -0.25) is 0 Å². The van der Waals surface area contributed by atoms with Crippen molar-refractivity contribution < 1.29 is 9.15 Å². The summed E-state index contributed by atoms with van der Waals surface area (Å²) in [6, 6.07) is 40.6. The van der Waals surface area contributed by atoms with E-state index in [1.807, 2.05) is 54.6 Å². The number of para-hydroxylation sites is 1. The first-order chi connectivity index (χ1) is 16.7. The van der Waals surface area contributed by atoms with Crippen molar-refractivity contribution in [1.82, 2.24) is 0 Å². The third-order valence-corrected chi connectivity index (χ3v) is 6.51. The van der Waals surface area contributed by atoms with Gasteiger partial charge in [-0.1, -0.05) is 90.5 Å². The molecule has 1 aromatic heterocycles. The quantitative estimate of drug-likeness (QED) is 0.293. The third-order valence-electron chi connectivity index (χ3n) is 6.26. The van der Waals surface area contributed by atoms with Crippen LogP contribution in [-0.2, 0) is 10.3 Å².